The first kappa shape index (κ1) is 7.81. The molecule has 1 nitrogen and oxygen atoms in total. The van der Waals surface area contributed by atoms with Gasteiger partial charge in [0.25, 0.3) is 0 Å². The van der Waals surface area contributed by atoms with E-state index in [0.717, 1.165) is 11.1 Å². The third kappa shape index (κ3) is 1.59. The molecule has 0 N–H and O–H groups in total. The third-order valence-electron chi connectivity index (χ3n) is 1.64. The van der Waals surface area contributed by atoms with Crippen LogP contribution >= 0.6 is 0 Å². The molecule has 11 heavy (non-hydrogen) atoms. The standard InChI is InChI=1S/C10H10N/c1-8(2)10-6-4-3-5-9(10)7-11/h4-6,8H,1-2H3. The van der Waals surface area contributed by atoms with E-state index in [-0.39, 0.29) is 0 Å². The molecule has 1 radical (unpaired) electrons. The lowest BCUT2D eigenvalue weighted by molar-refractivity contribution is 0.862. The molecule has 0 aliphatic rings. The van der Waals surface area contributed by atoms with Crippen LogP contribution in [0.15, 0.2) is 18.2 Å². The Hall–Kier alpha value is -1.29. The van der Waals surface area contributed by atoms with Crippen molar-refractivity contribution in [3.05, 3.63) is 35.4 Å². The topological polar surface area (TPSA) is 23.8 Å². The molecule has 0 spiro atoms. The van der Waals surface area contributed by atoms with E-state index in [0.29, 0.717) is 5.92 Å². The van der Waals surface area contributed by atoms with Gasteiger partial charge in [-0.15, -0.1) is 0 Å². The van der Waals surface area contributed by atoms with E-state index < -0.39 is 0 Å². The van der Waals surface area contributed by atoms with Crippen molar-refractivity contribution in [1.82, 2.24) is 0 Å². The molecule has 55 valence electrons. The average molecular weight is 144 g/mol. The molecular formula is C10H10N. The van der Waals surface area contributed by atoms with Crippen molar-refractivity contribution in [2.24, 2.45) is 0 Å². The van der Waals surface area contributed by atoms with Crippen LogP contribution in [-0.4, -0.2) is 0 Å². The summed E-state index contributed by atoms with van der Waals surface area (Å²) in [6.45, 7) is 4.16. The number of nitriles is 1. The van der Waals surface area contributed by atoms with Crippen LogP contribution in [0.3, 0.4) is 0 Å². The second-order valence-electron chi connectivity index (χ2n) is 2.78. The van der Waals surface area contributed by atoms with E-state index in [1.807, 2.05) is 12.1 Å². The van der Waals surface area contributed by atoms with Crippen LogP contribution in [-0.2, 0) is 0 Å². The van der Waals surface area contributed by atoms with Crippen molar-refractivity contribution in [1.29, 1.82) is 5.26 Å². The molecule has 0 aromatic heterocycles. The van der Waals surface area contributed by atoms with Gasteiger partial charge in [0.2, 0.25) is 0 Å². The molecular weight excluding hydrogens is 134 g/mol. The first-order chi connectivity index (χ1) is 5.25. The van der Waals surface area contributed by atoms with Crippen LogP contribution in [0.4, 0.5) is 0 Å². The van der Waals surface area contributed by atoms with Gasteiger partial charge in [-0.2, -0.15) is 5.26 Å². The summed E-state index contributed by atoms with van der Waals surface area (Å²) in [6.07, 6.45) is 0. The maximum Gasteiger partial charge on any atom is 0.0994 e. The van der Waals surface area contributed by atoms with Gasteiger partial charge in [0.15, 0.2) is 0 Å². The maximum atomic E-state index is 8.70. The fourth-order valence-electron chi connectivity index (χ4n) is 1.04. The number of hydrogen-bond acceptors (Lipinski definition) is 1. The minimum absolute atomic E-state index is 0.416. The molecule has 0 amide bonds. The summed E-state index contributed by atoms with van der Waals surface area (Å²) in [5, 5.41) is 8.70. The molecule has 0 fully saturated rings. The molecule has 1 aromatic rings. The first-order valence-corrected chi connectivity index (χ1v) is 3.66. The van der Waals surface area contributed by atoms with Crippen LogP contribution in [0.2, 0.25) is 0 Å². The number of hydrogen-bond donors (Lipinski definition) is 0. The van der Waals surface area contributed by atoms with Gasteiger partial charge in [-0.3, -0.25) is 0 Å². The minimum Gasteiger partial charge on any atom is -0.192 e. The van der Waals surface area contributed by atoms with Crippen molar-refractivity contribution in [3.8, 4) is 6.07 Å². The second kappa shape index (κ2) is 3.21. The van der Waals surface area contributed by atoms with Gasteiger partial charge in [-0.1, -0.05) is 26.0 Å². The predicted molar refractivity (Wildman–Crippen MR) is 44.1 cm³/mol. The largest absolute Gasteiger partial charge is 0.192 e. The van der Waals surface area contributed by atoms with Crippen LogP contribution in [0.1, 0.15) is 30.9 Å². The molecule has 0 atom stereocenters. The summed E-state index contributed by atoms with van der Waals surface area (Å²) < 4.78 is 0. The molecule has 0 aliphatic heterocycles. The van der Waals surface area contributed by atoms with E-state index in [1.165, 1.54) is 0 Å². The zero-order valence-electron chi connectivity index (χ0n) is 6.76. The lowest BCUT2D eigenvalue weighted by Gasteiger charge is -2.05. The van der Waals surface area contributed by atoms with E-state index >= 15 is 0 Å². The van der Waals surface area contributed by atoms with Crippen LogP contribution < -0.4 is 0 Å². The highest BCUT2D eigenvalue weighted by Gasteiger charge is 2.03. The highest BCUT2D eigenvalue weighted by atomic mass is 14.2. The fourth-order valence-corrected chi connectivity index (χ4v) is 1.04. The Bertz CT molecular complexity index is 281. The van der Waals surface area contributed by atoms with Gasteiger partial charge >= 0.3 is 0 Å². The summed E-state index contributed by atoms with van der Waals surface area (Å²) >= 11 is 0. The van der Waals surface area contributed by atoms with Gasteiger partial charge in [-0.25, -0.2) is 0 Å². The molecule has 0 saturated heterocycles. The van der Waals surface area contributed by atoms with E-state index in [4.69, 9.17) is 5.26 Å². The summed E-state index contributed by atoms with van der Waals surface area (Å²) in [5.74, 6) is 0.416. The molecule has 1 rings (SSSR count). The average Bonchev–Trinajstić information content (AvgIpc) is 2.04. The quantitative estimate of drug-likeness (QED) is 0.594. The number of nitrogens with zero attached hydrogens (tertiary/aromatic N) is 1. The summed E-state index contributed by atoms with van der Waals surface area (Å²) in [4.78, 5) is 0. The highest BCUT2D eigenvalue weighted by molar-refractivity contribution is 5.38. The SMILES string of the molecule is CC(C)c1cc[c]cc1C#N. The summed E-state index contributed by atoms with van der Waals surface area (Å²) in [5.41, 5.74) is 1.84. The molecule has 0 unspecified atom stereocenters. The molecule has 1 heteroatoms. The molecule has 1 aromatic carbocycles. The van der Waals surface area contributed by atoms with Crippen molar-refractivity contribution in [2.75, 3.05) is 0 Å². The Morgan fingerprint density at radius 1 is 1.55 bits per heavy atom. The number of benzene rings is 1. The third-order valence-corrected chi connectivity index (χ3v) is 1.64. The highest BCUT2D eigenvalue weighted by Crippen LogP contribution is 2.17. The second-order valence-corrected chi connectivity index (χ2v) is 2.78. The van der Waals surface area contributed by atoms with E-state index in [1.54, 1.807) is 6.07 Å². The Kier molecular flexibility index (Phi) is 2.28. The van der Waals surface area contributed by atoms with Crippen LogP contribution in [0, 0.1) is 17.4 Å². The first-order valence-electron chi connectivity index (χ1n) is 3.66. The van der Waals surface area contributed by atoms with Crippen molar-refractivity contribution in [3.63, 3.8) is 0 Å². The van der Waals surface area contributed by atoms with Gasteiger partial charge in [0, 0.05) is 0 Å². The number of rotatable bonds is 1. The molecule has 0 heterocycles. The minimum atomic E-state index is 0.416. The maximum absolute atomic E-state index is 8.70. The van der Waals surface area contributed by atoms with Gasteiger partial charge in [-0.05, 0) is 23.6 Å². The van der Waals surface area contributed by atoms with Crippen molar-refractivity contribution in [2.45, 2.75) is 19.8 Å². The molecule has 0 bridgehead atoms. The van der Waals surface area contributed by atoms with Crippen LogP contribution in [0.5, 0.6) is 0 Å². The summed E-state index contributed by atoms with van der Waals surface area (Å²) in [6, 6.07) is 10.6. The van der Waals surface area contributed by atoms with E-state index in [9.17, 15) is 0 Å². The Balaban J connectivity index is 3.15. The zero-order valence-corrected chi connectivity index (χ0v) is 6.76. The molecule has 0 aliphatic carbocycles. The van der Waals surface area contributed by atoms with Gasteiger partial charge < -0.3 is 0 Å². The predicted octanol–water partition coefficient (Wildman–Crippen LogP) is 2.48. The Morgan fingerprint density at radius 2 is 2.27 bits per heavy atom. The van der Waals surface area contributed by atoms with Crippen LogP contribution in [0.25, 0.3) is 0 Å². The lowest BCUT2D eigenvalue weighted by Crippen LogP contribution is -1.90. The van der Waals surface area contributed by atoms with Gasteiger partial charge in [0.1, 0.15) is 0 Å². The van der Waals surface area contributed by atoms with Crippen molar-refractivity contribution >= 4 is 0 Å². The van der Waals surface area contributed by atoms with Gasteiger partial charge in [0.05, 0.1) is 11.6 Å². The summed E-state index contributed by atoms with van der Waals surface area (Å²) in [7, 11) is 0. The molecule has 0 saturated carbocycles. The Morgan fingerprint density at radius 3 is 2.73 bits per heavy atom. The smallest absolute Gasteiger partial charge is 0.0994 e. The fraction of sp³-hybridized carbons (Fsp3) is 0.300. The van der Waals surface area contributed by atoms with Crippen molar-refractivity contribution < 1.29 is 0 Å². The Labute approximate surface area is 67.3 Å². The van der Waals surface area contributed by atoms with E-state index in [2.05, 4.69) is 26.0 Å². The zero-order chi connectivity index (χ0) is 8.27. The normalized spacial score (nSPS) is 9.64. The monoisotopic (exact) mass is 144 g/mol. The lowest BCUT2D eigenvalue weighted by atomic mass is 9.98.